The molecule has 11 heteroatoms. The Kier molecular flexibility index (Phi) is 4.66. The number of aryl methyl sites for hydroxylation is 1. The minimum Gasteiger partial charge on any atom is -0.321 e. The minimum atomic E-state index is -4.99. The van der Waals surface area contributed by atoms with Gasteiger partial charge in [-0.2, -0.15) is 31.4 Å². The Balaban J connectivity index is 2.45. The number of carbonyl (C=O) groups is 1. The van der Waals surface area contributed by atoms with Crippen LogP contribution in [0.3, 0.4) is 0 Å². The predicted octanol–water partition coefficient (Wildman–Crippen LogP) is 4.47. The molecular formula is C13H8BrF6N3O. The van der Waals surface area contributed by atoms with Gasteiger partial charge in [0.2, 0.25) is 0 Å². The largest absolute Gasteiger partial charge is 0.416 e. The summed E-state index contributed by atoms with van der Waals surface area (Å²) in [5, 5.41) is 5.76. The molecule has 0 spiro atoms. The lowest BCUT2D eigenvalue weighted by molar-refractivity contribution is -0.143. The van der Waals surface area contributed by atoms with E-state index in [2.05, 4.69) is 21.0 Å². The van der Waals surface area contributed by atoms with Gasteiger partial charge in [-0.25, -0.2) is 0 Å². The second kappa shape index (κ2) is 6.11. The van der Waals surface area contributed by atoms with E-state index in [-0.39, 0.29) is 16.2 Å². The van der Waals surface area contributed by atoms with Crippen LogP contribution in [0.4, 0.5) is 32.0 Å². The Hall–Kier alpha value is -2.04. The van der Waals surface area contributed by atoms with Crippen LogP contribution < -0.4 is 5.32 Å². The maximum atomic E-state index is 12.8. The fraction of sp³-hybridized carbons (Fsp3) is 0.231. The number of hydrogen-bond acceptors (Lipinski definition) is 2. The van der Waals surface area contributed by atoms with E-state index < -0.39 is 35.1 Å². The van der Waals surface area contributed by atoms with Crippen molar-refractivity contribution in [2.45, 2.75) is 12.4 Å². The first-order valence-electron chi connectivity index (χ1n) is 6.18. The molecule has 24 heavy (non-hydrogen) atoms. The van der Waals surface area contributed by atoms with Gasteiger partial charge in [0.15, 0.2) is 0 Å². The van der Waals surface area contributed by atoms with Crippen molar-refractivity contribution in [1.82, 2.24) is 9.78 Å². The number of rotatable bonds is 2. The van der Waals surface area contributed by atoms with Crippen LogP contribution in [-0.2, 0) is 19.4 Å². The summed E-state index contributed by atoms with van der Waals surface area (Å²) < 4.78 is 78.0. The quantitative estimate of drug-likeness (QED) is 0.735. The number of alkyl halides is 6. The molecule has 2 aromatic rings. The third-order valence-corrected chi connectivity index (χ3v) is 3.54. The summed E-state index contributed by atoms with van der Waals surface area (Å²) in [5.74, 6) is -0.908. The second-order valence-corrected chi connectivity index (χ2v) is 5.57. The van der Waals surface area contributed by atoms with Crippen LogP contribution in [0, 0.1) is 0 Å². The van der Waals surface area contributed by atoms with Gasteiger partial charge >= 0.3 is 12.4 Å². The SMILES string of the molecule is Cn1ncc(Br)c1C(=O)Nc1cc(C(F)(F)F)cc(C(F)(F)F)c1. The molecule has 1 aromatic carbocycles. The average molecular weight is 416 g/mol. The van der Waals surface area contributed by atoms with Gasteiger partial charge in [-0.15, -0.1) is 0 Å². The second-order valence-electron chi connectivity index (χ2n) is 4.71. The van der Waals surface area contributed by atoms with E-state index in [9.17, 15) is 31.1 Å². The molecule has 0 bridgehead atoms. The highest BCUT2D eigenvalue weighted by Gasteiger charge is 2.37. The number of nitrogens with one attached hydrogen (secondary N) is 1. The predicted molar refractivity (Wildman–Crippen MR) is 75.3 cm³/mol. The van der Waals surface area contributed by atoms with Gasteiger partial charge in [-0.1, -0.05) is 0 Å². The van der Waals surface area contributed by atoms with Crippen molar-refractivity contribution in [3.63, 3.8) is 0 Å². The Labute approximate surface area is 139 Å². The van der Waals surface area contributed by atoms with Crippen molar-refractivity contribution in [2.24, 2.45) is 7.05 Å². The van der Waals surface area contributed by atoms with E-state index in [0.29, 0.717) is 12.1 Å². The molecule has 1 amide bonds. The summed E-state index contributed by atoms with van der Waals surface area (Å²) in [7, 11) is 1.40. The van der Waals surface area contributed by atoms with Gasteiger partial charge in [0.1, 0.15) is 5.69 Å². The molecule has 0 radical (unpaired) electrons. The van der Waals surface area contributed by atoms with Crippen molar-refractivity contribution >= 4 is 27.5 Å². The van der Waals surface area contributed by atoms with Gasteiger partial charge < -0.3 is 5.32 Å². The molecule has 0 aliphatic rings. The molecule has 0 unspecified atom stereocenters. The lowest BCUT2D eigenvalue weighted by Gasteiger charge is -2.15. The summed E-state index contributed by atoms with van der Waals surface area (Å²) in [6, 6.07) is 0.838. The standard InChI is InChI=1S/C13H8BrF6N3O/c1-23-10(9(14)5-21-23)11(24)22-8-3-6(12(15,16)17)2-7(4-8)13(18,19)20/h2-5H,1H3,(H,22,24). The van der Waals surface area contributed by atoms with Gasteiger partial charge in [-0.3, -0.25) is 9.48 Å². The molecule has 2 rings (SSSR count). The monoisotopic (exact) mass is 415 g/mol. The summed E-state index contributed by atoms with van der Waals surface area (Å²) in [4.78, 5) is 12.1. The van der Waals surface area contributed by atoms with Crippen LogP contribution in [0.15, 0.2) is 28.9 Å². The molecule has 0 aliphatic heterocycles. The van der Waals surface area contributed by atoms with Crippen molar-refractivity contribution < 1.29 is 31.1 Å². The number of anilines is 1. The zero-order valence-corrected chi connectivity index (χ0v) is 13.3. The number of nitrogens with zero attached hydrogens (tertiary/aromatic N) is 2. The van der Waals surface area contributed by atoms with Crippen LogP contribution in [0.1, 0.15) is 21.6 Å². The fourth-order valence-corrected chi connectivity index (χ4v) is 2.41. The minimum absolute atomic E-state index is 0.0182. The first-order valence-corrected chi connectivity index (χ1v) is 6.97. The summed E-state index contributed by atoms with van der Waals surface area (Å²) in [5.41, 5.74) is -3.72. The number of hydrogen-bond donors (Lipinski definition) is 1. The Morgan fingerprint density at radius 2 is 1.58 bits per heavy atom. The summed E-state index contributed by atoms with van der Waals surface area (Å²) in [6.07, 6.45) is -8.72. The van der Waals surface area contributed by atoms with E-state index in [4.69, 9.17) is 0 Å². The molecular weight excluding hydrogens is 408 g/mol. The summed E-state index contributed by atoms with van der Waals surface area (Å²) >= 11 is 3.02. The lowest BCUT2D eigenvalue weighted by Crippen LogP contribution is -2.18. The van der Waals surface area contributed by atoms with E-state index in [1.54, 1.807) is 0 Å². The number of benzene rings is 1. The van der Waals surface area contributed by atoms with Crippen molar-refractivity contribution in [3.05, 3.63) is 45.7 Å². The molecule has 0 fully saturated rings. The van der Waals surface area contributed by atoms with Crippen LogP contribution in [-0.4, -0.2) is 15.7 Å². The number of halogens is 7. The fourth-order valence-electron chi connectivity index (χ4n) is 1.88. The van der Waals surface area contributed by atoms with Crippen LogP contribution >= 0.6 is 15.9 Å². The molecule has 130 valence electrons. The van der Waals surface area contributed by atoms with Crippen LogP contribution in [0.2, 0.25) is 0 Å². The highest BCUT2D eigenvalue weighted by Crippen LogP contribution is 2.37. The van der Waals surface area contributed by atoms with Gasteiger partial charge in [-0.05, 0) is 34.1 Å². The Bertz CT molecular complexity index is 729. The lowest BCUT2D eigenvalue weighted by atomic mass is 10.1. The smallest absolute Gasteiger partial charge is 0.321 e. The van der Waals surface area contributed by atoms with Gasteiger partial charge in [0, 0.05) is 12.7 Å². The topological polar surface area (TPSA) is 46.9 Å². The van der Waals surface area contributed by atoms with Gasteiger partial charge in [0.05, 0.1) is 21.8 Å². The third-order valence-electron chi connectivity index (χ3n) is 2.95. The average Bonchev–Trinajstić information content (AvgIpc) is 2.75. The van der Waals surface area contributed by atoms with Gasteiger partial charge in [0.25, 0.3) is 5.91 Å². The van der Waals surface area contributed by atoms with E-state index in [0.717, 1.165) is 4.68 Å². The zero-order valence-electron chi connectivity index (χ0n) is 11.8. The first kappa shape index (κ1) is 18.3. The van der Waals surface area contributed by atoms with Crippen LogP contribution in [0.5, 0.6) is 0 Å². The first-order chi connectivity index (χ1) is 10.9. The van der Waals surface area contributed by atoms with E-state index in [1.807, 2.05) is 5.32 Å². The Morgan fingerprint density at radius 3 is 1.96 bits per heavy atom. The normalized spacial score (nSPS) is 12.3. The molecule has 1 aromatic heterocycles. The summed E-state index contributed by atoms with van der Waals surface area (Å²) in [6.45, 7) is 0. The molecule has 4 nitrogen and oxygen atoms in total. The highest BCUT2D eigenvalue weighted by molar-refractivity contribution is 9.10. The maximum Gasteiger partial charge on any atom is 0.416 e. The third kappa shape index (κ3) is 3.89. The number of amides is 1. The molecule has 0 atom stereocenters. The van der Waals surface area contributed by atoms with Crippen molar-refractivity contribution in [2.75, 3.05) is 5.32 Å². The molecule has 0 saturated carbocycles. The number of carbonyl (C=O) groups excluding carboxylic acids is 1. The van der Waals surface area contributed by atoms with E-state index >= 15 is 0 Å². The Morgan fingerprint density at radius 1 is 1.08 bits per heavy atom. The van der Waals surface area contributed by atoms with Crippen LogP contribution in [0.25, 0.3) is 0 Å². The van der Waals surface area contributed by atoms with Crippen molar-refractivity contribution in [1.29, 1.82) is 0 Å². The number of aromatic nitrogens is 2. The van der Waals surface area contributed by atoms with Crippen molar-refractivity contribution in [3.8, 4) is 0 Å². The molecule has 0 saturated heterocycles. The van der Waals surface area contributed by atoms with E-state index in [1.165, 1.54) is 13.2 Å². The molecule has 0 aliphatic carbocycles. The highest BCUT2D eigenvalue weighted by atomic mass is 79.9. The molecule has 1 heterocycles. The maximum absolute atomic E-state index is 12.8. The molecule has 1 N–H and O–H groups in total. The zero-order chi connectivity index (χ0) is 18.3.